The monoisotopic (exact) mass is 553 g/mol. The molecule has 2 aliphatic rings. The number of aliphatic hydroxyl groups excluding tert-OH is 1. The molecule has 0 aliphatic carbocycles. The summed E-state index contributed by atoms with van der Waals surface area (Å²) in [6.07, 6.45) is 3.26. The van der Waals surface area contributed by atoms with Crippen LogP contribution in [-0.4, -0.2) is 64.2 Å². The summed E-state index contributed by atoms with van der Waals surface area (Å²) in [4.78, 5) is 36.3. The molecule has 0 radical (unpaired) electrons. The van der Waals surface area contributed by atoms with Crippen LogP contribution in [0, 0.1) is 12.7 Å². The summed E-state index contributed by atoms with van der Waals surface area (Å²) in [5, 5.41) is 16.2. The topological polar surface area (TPSA) is 117 Å². The van der Waals surface area contributed by atoms with Crippen LogP contribution in [0.25, 0.3) is 11.3 Å². The van der Waals surface area contributed by atoms with Gasteiger partial charge in [-0.1, -0.05) is 29.8 Å². The smallest absolute Gasteiger partial charge is 0.254 e. The number of hydrogen-bond acceptors (Lipinski definition) is 7. The second kappa shape index (κ2) is 11.6. The third-order valence-electron chi connectivity index (χ3n) is 6.88. The quantitative estimate of drug-likeness (QED) is 0.390. The molecule has 1 aromatic heterocycles. The second-order valence-corrected chi connectivity index (χ2v) is 10.2. The number of halogens is 2. The molecule has 0 saturated carbocycles. The maximum Gasteiger partial charge on any atom is 0.254 e. The molecule has 1 saturated heterocycles. The molecule has 2 amide bonds. The molecular formula is C28H29ClFN5O4. The van der Waals surface area contributed by atoms with E-state index in [-0.39, 0.29) is 25.0 Å². The Morgan fingerprint density at radius 1 is 1.26 bits per heavy atom. The van der Waals surface area contributed by atoms with Crippen molar-refractivity contribution >= 4 is 29.4 Å². The maximum absolute atomic E-state index is 13.8. The van der Waals surface area contributed by atoms with Gasteiger partial charge in [0.1, 0.15) is 12.4 Å². The molecule has 204 valence electrons. The molecule has 9 nitrogen and oxygen atoms in total. The predicted octanol–water partition coefficient (Wildman–Crippen LogP) is 3.64. The highest BCUT2D eigenvalue weighted by molar-refractivity contribution is 6.33. The van der Waals surface area contributed by atoms with Crippen LogP contribution in [0.2, 0.25) is 5.02 Å². The number of fused-ring (bicyclic) bond motifs is 1. The van der Waals surface area contributed by atoms with Gasteiger partial charge in [0.2, 0.25) is 11.9 Å². The number of hydrogen-bond donors (Lipinski definition) is 3. The van der Waals surface area contributed by atoms with Crippen molar-refractivity contribution in [3.05, 3.63) is 75.7 Å². The molecule has 3 heterocycles. The molecular weight excluding hydrogens is 525 g/mol. The summed E-state index contributed by atoms with van der Waals surface area (Å²) < 4.78 is 19.2. The van der Waals surface area contributed by atoms with Gasteiger partial charge in [-0.2, -0.15) is 0 Å². The molecule has 1 atom stereocenters. The molecule has 11 heteroatoms. The molecule has 3 N–H and O–H groups in total. The van der Waals surface area contributed by atoms with E-state index in [1.165, 1.54) is 23.2 Å². The third kappa shape index (κ3) is 6.19. The van der Waals surface area contributed by atoms with Crippen LogP contribution in [0.1, 0.15) is 45.9 Å². The van der Waals surface area contributed by atoms with Gasteiger partial charge < -0.3 is 25.4 Å². The van der Waals surface area contributed by atoms with Gasteiger partial charge in [-0.25, -0.2) is 14.4 Å². The van der Waals surface area contributed by atoms with E-state index in [4.69, 9.17) is 16.3 Å². The first-order chi connectivity index (χ1) is 18.8. The van der Waals surface area contributed by atoms with Crippen LogP contribution in [0.15, 0.2) is 42.6 Å². The Balaban J connectivity index is 1.28. The van der Waals surface area contributed by atoms with Crippen molar-refractivity contribution in [2.75, 3.05) is 31.7 Å². The van der Waals surface area contributed by atoms with E-state index in [0.717, 1.165) is 18.4 Å². The van der Waals surface area contributed by atoms with Crippen LogP contribution in [-0.2, 0) is 16.1 Å². The number of carbonyl (C=O) groups is 2. The first-order valence-corrected chi connectivity index (χ1v) is 13.1. The standard InChI is InChI=1S/C28H29ClFN5O4/c1-16-8-19(10-20(30)9-16)24(15-36)33-25(37)14-35-13-18-3-2-17(11-22(18)27(35)38)26-23(29)12-31-28(34-26)32-21-4-6-39-7-5-21/h2-3,8-12,21,24,36H,4-7,13-15H2,1H3,(H,33,37)(H,31,32,34)/t24-/m1/s1. The largest absolute Gasteiger partial charge is 0.394 e. The fourth-order valence-corrected chi connectivity index (χ4v) is 5.11. The Morgan fingerprint density at radius 2 is 2.05 bits per heavy atom. The summed E-state index contributed by atoms with van der Waals surface area (Å²) in [6, 6.07) is 9.17. The fourth-order valence-electron chi connectivity index (χ4n) is 4.91. The van der Waals surface area contributed by atoms with Gasteiger partial charge in [0, 0.05) is 36.9 Å². The van der Waals surface area contributed by atoms with Crippen LogP contribution in [0.4, 0.5) is 10.3 Å². The van der Waals surface area contributed by atoms with E-state index in [9.17, 15) is 19.1 Å². The van der Waals surface area contributed by atoms with E-state index >= 15 is 0 Å². The Morgan fingerprint density at radius 3 is 2.79 bits per heavy atom. The van der Waals surface area contributed by atoms with Gasteiger partial charge in [0.15, 0.2) is 0 Å². The summed E-state index contributed by atoms with van der Waals surface area (Å²) >= 11 is 6.43. The van der Waals surface area contributed by atoms with Gasteiger partial charge in [-0.3, -0.25) is 9.59 Å². The summed E-state index contributed by atoms with van der Waals surface area (Å²) in [6.45, 7) is 2.75. The molecule has 3 aromatic rings. The number of aryl methyl sites for hydroxylation is 1. The van der Waals surface area contributed by atoms with Crippen LogP contribution < -0.4 is 10.6 Å². The van der Waals surface area contributed by atoms with E-state index in [0.29, 0.717) is 52.1 Å². The van der Waals surface area contributed by atoms with E-state index in [1.807, 2.05) is 12.1 Å². The minimum atomic E-state index is -0.789. The lowest BCUT2D eigenvalue weighted by atomic mass is 10.0. The number of amides is 2. The average Bonchev–Trinajstić information content (AvgIpc) is 3.22. The SMILES string of the molecule is Cc1cc(F)cc([C@@H](CO)NC(=O)CN2Cc3ccc(-c4nc(NC5CCOCC5)ncc4Cl)cc3C2=O)c1. The fraction of sp³-hybridized carbons (Fsp3) is 0.357. The number of aliphatic hydroxyl groups is 1. The van der Waals surface area contributed by atoms with Gasteiger partial charge in [0.25, 0.3) is 5.91 Å². The number of aromatic nitrogens is 2. The maximum atomic E-state index is 13.8. The number of carbonyl (C=O) groups excluding carboxylic acids is 2. The lowest BCUT2D eigenvalue weighted by Crippen LogP contribution is -2.40. The Bertz CT molecular complexity index is 1380. The molecule has 1 fully saturated rings. The lowest BCUT2D eigenvalue weighted by Gasteiger charge is -2.23. The Labute approximate surface area is 230 Å². The van der Waals surface area contributed by atoms with Crippen molar-refractivity contribution in [2.24, 2.45) is 0 Å². The Hall–Kier alpha value is -3.60. The molecule has 5 rings (SSSR count). The van der Waals surface area contributed by atoms with Gasteiger partial charge in [-0.05, 0) is 54.7 Å². The number of ether oxygens (including phenoxy) is 1. The first kappa shape index (κ1) is 27.0. The zero-order chi connectivity index (χ0) is 27.5. The van der Waals surface area contributed by atoms with E-state index < -0.39 is 24.4 Å². The van der Waals surface area contributed by atoms with Crippen molar-refractivity contribution in [1.29, 1.82) is 0 Å². The number of anilines is 1. The van der Waals surface area contributed by atoms with Crippen molar-refractivity contribution in [2.45, 2.75) is 38.4 Å². The van der Waals surface area contributed by atoms with Crippen molar-refractivity contribution < 1.29 is 23.8 Å². The predicted molar refractivity (Wildman–Crippen MR) is 144 cm³/mol. The van der Waals surface area contributed by atoms with Crippen LogP contribution in [0.5, 0.6) is 0 Å². The zero-order valence-corrected chi connectivity index (χ0v) is 22.2. The normalized spacial score (nSPS) is 16.2. The van der Waals surface area contributed by atoms with Gasteiger partial charge in [-0.15, -0.1) is 0 Å². The summed E-state index contributed by atoms with van der Waals surface area (Å²) in [7, 11) is 0. The lowest BCUT2D eigenvalue weighted by molar-refractivity contribution is -0.122. The van der Waals surface area contributed by atoms with Crippen molar-refractivity contribution in [3.8, 4) is 11.3 Å². The molecule has 0 spiro atoms. The highest BCUT2D eigenvalue weighted by atomic mass is 35.5. The number of rotatable bonds is 8. The molecule has 0 unspecified atom stereocenters. The van der Waals surface area contributed by atoms with E-state index in [2.05, 4.69) is 20.6 Å². The van der Waals surface area contributed by atoms with Crippen molar-refractivity contribution in [3.63, 3.8) is 0 Å². The summed E-state index contributed by atoms with van der Waals surface area (Å²) in [5.74, 6) is -0.748. The number of nitrogens with one attached hydrogen (secondary N) is 2. The van der Waals surface area contributed by atoms with Gasteiger partial charge >= 0.3 is 0 Å². The number of nitrogens with zero attached hydrogens (tertiary/aromatic N) is 3. The van der Waals surface area contributed by atoms with E-state index in [1.54, 1.807) is 19.1 Å². The highest BCUT2D eigenvalue weighted by Crippen LogP contribution is 2.31. The van der Waals surface area contributed by atoms with Crippen LogP contribution >= 0.6 is 11.6 Å². The van der Waals surface area contributed by atoms with Crippen LogP contribution in [0.3, 0.4) is 0 Å². The Kier molecular flexibility index (Phi) is 8.06. The summed E-state index contributed by atoms with van der Waals surface area (Å²) in [5.41, 5.74) is 3.54. The van der Waals surface area contributed by atoms with Crippen molar-refractivity contribution in [1.82, 2.24) is 20.2 Å². The first-order valence-electron chi connectivity index (χ1n) is 12.8. The molecule has 2 aliphatic heterocycles. The zero-order valence-electron chi connectivity index (χ0n) is 21.4. The number of benzene rings is 2. The minimum Gasteiger partial charge on any atom is -0.394 e. The van der Waals surface area contributed by atoms with Gasteiger partial charge in [0.05, 0.1) is 29.6 Å². The highest BCUT2D eigenvalue weighted by Gasteiger charge is 2.30. The molecule has 39 heavy (non-hydrogen) atoms. The second-order valence-electron chi connectivity index (χ2n) is 9.82. The minimum absolute atomic E-state index is 0.207. The third-order valence-corrected chi connectivity index (χ3v) is 7.16. The average molecular weight is 554 g/mol. The molecule has 0 bridgehead atoms. The molecule has 2 aromatic carbocycles.